The predicted molar refractivity (Wildman–Crippen MR) is 88.8 cm³/mol. The molecule has 0 aliphatic carbocycles. The van der Waals surface area contributed by atoms with Crippen LogP contribution in [0.4, 0.5) is 0 Å². The van der Waals surface area contributed by atoms with Crippen molar-refractivity contribution < 1.29 is 24.5 Å². The minimum absolute atomic E-state index is 0.0547. The lowest BCUT2D eigenvalue weighted by Crippen LogP contribution is -2.00. The van der Waals surface area contributed by atoms with Crippen LogP contribution in [-0.4, -0.2) is 30.2 Å². The Balaban J connectivity index is 2.73. The molecule has 2 aromatic rings. The van der Waals surface area contributed by atoms with E-state index in [1.807, 2.05) is 13.8 Å². The number of benzene rings is 2. The van der Waals surface area contributed by atoms with Gasteiger partial charge in [0.2, 0.25) is 0 Å². The fraction of sp³-hybridized carbons (Fsp3) is 0.278. The molecule has 23 heavy (non-hydrogen) atoms. The third kappa shape index (κ3) is 3.08. The summed E-state index contributed by atoms with van der Waals surface area (Å²) in [6.07, 6.45) is 1.92. The summed E-state index contributed by atoms with van der Waals surface area (Å²) in [4.78, 5) is 12.3. The topological polar surface area (TPSA) is 76.0 Å². The smallest absolute Gasteiger partial charge is 0.170 e. The highest BCUT2D eigenvalue weighted by molar-refractivity contribution is 6.10. The number of phenols is 2. The standard InChI is InChI=1S/C18H20O5/c1-10(2)5-6-12(19)11-9-13(20)16-14(22-3)7-8-15(23-4)17(16)18(11)21/h5,7-9,20-21H,6H2,1-4H3. The zero-order chi connectivity index (χ0) is 17.1. The number of ketones is 1. The predicted octanol–water partition coefficient (Wildman–Crippen LogP) is 3.81. The zero-order valence-electron chi connectivity index (χ0n) is 13.6. The molecule has 0 unspecified atom stereocenters. The summed E-state index contributed by atoms with van der Waals surface area (Å²) < 4.78 is 10.5. The maximum atomic E-state index is 12.3. The molecule has 2 aromatic carbocycles. The third-order valence-corrected chi connectivity index (χ3v) is 3.59. The minimum Gasteiger partial charge on any atom is -0.507 e. The van der Waals surface area contributed by atoms with Gasteiger partial charge in [0.15, 0.2) is 5.78 Å². The lowest BCUT2D eigenvalue weighted by atomic mass is 9.98. The van der Waals surface area contributed by atoms with Crippen LogP contribution in [-0.2, 0) is 0 Å². The van der Waals surface area contributed by atoms with Gasteiger partial charge in [0.25, 0.3) is 0 Å². The Kier molecular flexibility index (Phi) is 4.79. The van der Waals surface area contributed by atoms with E-state index in [-0.39, 0.29) is 34.7 Å². The van der Waals surface area contributed by atoms with Gasteiger partial charge < -0.3 is 19.7 Å². The SMILES string of the molecule is COc1ccc(OC)c2c(O)c(C(=O)CC=C(C)C)cc(O)c12. The Morgan fingerprint density at radius 2 is 1.65 bits per heavy atom. The lowest BCUT2D eigenvalue weighted by Gasteiger charge is -2.14. The number of carbonyl (C=O) groups excluding carboxylic acids is 1. The molecule has 0 atom stereocenters. The molecule has 5 heteroatoms. The zero-order valence-corrected chi connectivity index (χ0v) is 13.6. The summed E-state index contributed by atoms with van der Waals surface area (Å²) >= 11 is 0. The molecule has 0 saturated heterocycles. The molecule has 0 spiro atoms. The highest BCUT2D eigenvalue weighted by Gasteiger charge is 2.21. The van der Waals surface area contributed by atoms with Crippen LogP contribution < -0.4 is 9.47 Å². The molecule has 0 aliphatic heterocycles. The average Bonchev–Trinajstić information content (AvgIpc) is 2.54. The summed E-state index contributed by atoms with van der Waals surface area (Å²) in [6.45, 7) is 3.78. The number of phenolic OH excluding ortho intramolecular Hbond substituents is 2. The maximum absolute atomic E-state index is 12.3. The molecule has 5 nitrogen and oxygen atoms in total. The van der Waals surface area contributed by atoms with Crippen molar-refractivity contribution >= 4 is 16.6 Å². The first-order chi connectivity index (χ1) is 10.9. The van der Waals surface area contributed by atoms with Gasteiger partial charge >= 0.3 is 0 Å². The van der Waals surface area contributed by atoms with Crippen LogP contribution in [0.3, 0.4) is 0 Å². The summed E-state index contributed by atoms with van der Waals surface area (Å²) in [5.41, 5.74) is 1.06. The van der Waals surface area contributed by atoms with Crippen molar-refractivity contribution in [3.05, 3.63) is 35.4 Å². The van der Waals surface area contributed by atoms with Gasteiger partial charge in [-0.2, -0.15) is 0 Å². The van der Waals surface area contributed by atoms with Gasteiger partial charge in [-0.1, -0.05) is 11.6 Å². The van der Waals surface area contributed by atoms with Crippen molar-refractivity contribution in [1.82, 2.24) is 0 Å². The van der Waals surface area contributed by atoms with Crippen molar-refractivity contribution in [2.75, 3.05) is 14.2 Å². The monoisotopic (exact) mass is 316 g/mol. The third-order valence-electron chi connectivity index (χ3n) is 3.59. The van der Waals surface area contributed by atoms with Gasteiger partial charge in [-0.15, -0.1) is 0 Å². The summed E-state index contributed by atoms with van der Waals surface area (Å²) in [6, 6.07) is 4.51. The first-order valence-electron chi connectivity index (χ1n) is 7.16. The molecule has 122 valence electrons. The van der Waals surface area contributed by atoms with Crippen LogP contribution in [0.5, 0.6) is 23.0 Å². The molecule has 0 amide bonds. The average molecular weight is 316 g/mol. The van der Waals surface area contributed by atoms with Crippen molar-refractivity contribution in [3.8, 4) is 23.0 Å². The van der Waals surface area contributed by atoms with Crippen LogP contribution in [0.1, 0.15) is 30.6 Å². The quantitative estimate of drug-likeness (QED) is 0.498. The van der Waals surface area contributed by atoms with Crippen LogP contribution >= 0.6 is 0 Å². The number of allylic oxidation sites excluding steroid dienone is 2. The molecular weight excluding hydrogens is 296 g/mol. The van der Waals surface area contributed by atoms with E-state index in [4.69, 9.17) is 9.47 Å². The van der Waals surface area contributed by atoms with Gasteiger partial charge in [0, 0.05) is 6.42 Å². The first kappa shape index (κ1) is 16.7. The van der Waals surface area contributed by atoms with Gasteiger partial charge in [-0.25, -0.2) is 0 Å². The Morgan fingerprint density at radius 1 is 1.09 bits per heavy atom. The minimum atomic E-state index is -0.286. The van der Waals surface area contributed by atoms with Crippen LogP contribution in [0, 0.1) is 0 Å². The molecule has 0 radical (unpaired) electrons. The van der Waals surface area contributed by atoms with Crippen LogP contribution in [0.2, 0.25) is 0 Å². The number of hydrogen-bond donors (Lipinski definition) is 2. The lowest BCUT2D eigenvalue weighted by molar-refractivity contribution is 0.0993. The fourth-order valence-electron chi connectivity index (χ4n) is 2.43. The van der Waals surface area contributed by atoms with Gasteiger partial charge in [-0.3, -0.25) is 4.79 Å². The van der Waals surface area contributed by atoms with E-state index in [0.29, 0.717) is 16.9 Å². The molecule has 0 saturated carbocycles. The molecule has 0 heterocycles. The van der Waals surface area contributed by atoms with Crippen LogP contribution in [0.25, 0.3) is 10.8 Å². The molecule has 2 rings (SSSR count). The van der Waals surface area contributed by atoms with Gasteiger partial charge in [0.05, 0.1) is 30.6 Å². The van der Waals surface area contributed by atoms with E-state index < -0.39 is 0 Å². The van der Waals surface area contributed by atoms with Crippen LogP contribution in [0.15, 0.2) is 29.8 Å². The largest absolute Gasteiger partial charge is 0.507 e. The maximum Gasteiger partial charge on any atom is 0.170 e. The fourth-order valence-corrected chi connectivity index (χ4v) is 2.43. The second kappa shape index (κ2) is 6.60. The van der Waals surface area contributed by atoms with E-state index in [0.717, 1.165) is 5.57 Å². The van der Waals surface area contributed by atoms with Crippen molar-refractivity contribution in [2.45, 2.75) is 20.3 Å². The number of methoxy groups -OCH3 is 2. The summed E-state index contributed by atoms with van der Waals surface area (Å²) in [5, 5.41) is 21.4. The molecule has 0 bridgehead atoms. The molecule has 0 aliphatic rings. The second-order valence-electron chi connectivity index (χ2n) is 5.42. The number of carbonyl (C=O) groups is 1. The van der Waals surface area contributed by atoms with E-state index in [1.165, 1.54) is 20.3 Å². The highest BCUT2D eigenvalue weighted by atomic mass is 16.5. The summed E-state index contributed by atoms with van der Waals surface area (Å²) in [5.74, 6) is 0.0861. The van der Waals surface area contributed by atoms with E-state index in [1.54, 1.807) is 18.2 Å². The van der Waals surface area contributed by atoms with E-state index in [2.05, 4.69) is 0 Å². The number of Topliss-reactive ketones (excluding diaryl/α,β-unsaturated/α-hetero) is 1. The van der Waals surface area contributed by atoms with Crippen molar-refractivity contribution in [3.63, 3.8) is 0 Å². The normalized spacial score (nSPS) is 10.4. The molecule has 2 N–H and O–H groups in total. The highest BCUT2D eigenvalue weighted by Crippen LogP contribution is 2.45. The van der Waals surface area contributed by atoms with Crippen molar-refractivity contribution in [1.29, 1.82) is 0 Å². The molecule has 0 fully saturated rings. The number of aromatic hydroxyl groups is 2. The summed E-state index contributed by atoms with van der Waals surface area (Å²) in [7, 11) is 2.92. The first-order valence-corrected chi connectivity index (χ1v) is 7.16. The number of hydrogen-bond acceptors (Lipinski definition) is 5. The van der Waals surface area contributed by atoms with E-state index >= 15 is 0 Å². The Bertz CT molecular complexity index is 786. The van der Waals surface area contributed by atoms with E-state index in [9.17, 15) is 15.0 Å². The number of rotatable bonds is 5. The number of fused-ring (bicyclic) bond motifs is 1. The molecular formula is C18H20O5. The van der Waals surface area contributed by atoms with Gasteiger partial charge in [-0.05, 0) is 32.0 Å². The Hall–Kier alpha value is -2.69. The number of ether oxygens (including phenoxy) is 2. The Labute approximate surface area is 134 Å². The van der Waals surface area contributed by atoms with Gasteiger partial charge in [0.1, 0.15) is 23.0 Å². The van der Waals surface area contributed by atoms with Crippen molar-refractivity contribution in [2.24, 2.45) is 0 Å². The Morgan fingerprint density at radius 3 is 2.17 bits per heavy atom. The second-order valence-corrected chi connectivity index (χ2v) is 5.42. The molecule has 0 aromatic heterocycles.